The van der Waals surface area contributed by atoms with Gasteiger partial charge in [-0.05, 0) is 29.8 Å². The summed E-state index contributed by atoms with van der Waals surface area (Å²) in [6.07, 6.45) is 1.25. The van der Waals surface area contributed by atoms with Crippen molar-refractivity contribution in [2.24, 2.45) is 0 Å². The highest BCUT2D eigenvalue weighted by molar-refractivity contribution is 5.50. The maximum atomic E-state index is 13.3. The van der Waals surface area contributed by atoms with Gasteiger partial charge in [-0.2, -0.15) is 0 Å². The summed E-state index contributed by atoms with van der Waals surface area (Å²) in [6, 6.07) is 2.67. The second-order valence-electron chi connectivity index (χ2n) is 3.36. The van der Waals surface area contributed by atoms with Crippen LogP contribution >= 0.6 is 0 Å². The van der Waals surface area contributed by atoms with Gasteiger partial charge in [-0.25, -0.2) is 8.78 Å². The molecule has 0 aliphatic rings. The molecule has 76 valence electrons. The smallest absolute Gasteiger partial charge is 0.149 e. The molecular formula is C11H13F2N. The Kier molecular flexibility index (Phi) is 3.23. The lowest BCUT2D eigenvalue weighted by atomic mass is 10.0. The highest BCUT2D eigenvalue weighted by Crippen LogP contribution is 2.24. The van der Waals surface area contributed by atoms with E-state index in [9.17, 15) is 8.78 Å². The molecule has 3 heteroatoms. The summed E-state index contributed by atoms with van der Waals surface area (Å²) in [4.78, 5) is 0. The number of nitrogens with one attached hydrogen (secondary N) is 1. The molecule has 1 nitrogen and oxygen atoms in total. The van der Waals surface area contributed by atoms with Gasteiger partial charge in [0.15, 0.2) is 0 Å². The first kappa shape index (κ1) is 10.7. The van der Waals surface area contributed by atoms with Crippen molar-refractivity contribution in [1.82, 2.24) is 0 Å². The van der Waals surface area contributed by atoms with E-state index < -0.39 is 11.6 Å². The van der Waals surface area contributed by atoms with Crippen molar-refractivity contribution < 1.29 is 8.78 Å². The molecule has 1 rings (SSSR count). The summed E-state index contributed by atoms with van der Waals surface area (Å²) in [6.45, 7) is 7.12. The van der Waals surface area contributed by atoms with Gasteiger partial charge in [-0.1, -0.05) is 20.4 Å². The van der Waals surface area contributed by atoms with Crippen molar-refractivity contribution in [1.29, 1.82) is 0 Å². The first-order valence-corrected chi connectivity index (χ1v) is 4.42. The molecule has 0 aromatic heterocycles. The molecule has 0 fully saturated rings. The molecule has 0 aliphatic carbocycles. The molecule has 0 amide bonds. The Morgan fingerprint density at radius 1 is 1.29 bits per heavy atom. The van der Waals surface area contributed by atoms with Crippen molar-refractivity contribution in [2.75, 3.05) is 5.32 Å². The summed E-state index contributed by atoms with van der Waals surface area (Å²) in [7, 11) is 0. The van der Waals surface area contributed by atoms with Crippen LogP contribution in [0, 0.1) is 11.6 Å². The van der Waals surface area contributed by atoms with Crippen LogP contribution in [0.2, 0.25) is 0 Å². The maximum absolute atomic E-state index is 13.3. The minimum absolute atomic E-state index is 0.108. The van der Waals surface area contributed by atoms with E-state index in [-0.39, 0.29) is 11.6 Å². The summed E-state index contributed by atoms with van der Waals surface area (Å²) < 4.78 is 26.6. The van der Waals surface area contributed by atoms with Gasteiger partial charge < -0.3 is 5.32 Å². The van der Waals surface area contributed by atoms with Crippen LogP contribution in [0.15, 0.2) is 24.9 Å². The van der Waals surface area contributed by atoms with Crippen molar-refractivity contribution in [3.05, 3.63) is 42.1 Å². The Labute approximate surface area is 82.4 Å². The van der Waals surface area contributed by atoms with E-state index >= 15 is 0 Å². The Morgan fingerprint density at radius 3 is 2.14 bits per heavy atom. The van der Waals surface area contributed by atoms with Gasteiger partial charge in [-0.15, -0.1) is 0 Å². The van der Waals surface area contributed by atoms with E-state index in [4.69, 9.17) is 0 Å². The molecule has 0 atom stereocenters. The third-order valence-electron chi connectivity index (χ3n) is 1.98. The average Bonchev–Trinajstić information content (AvgIpc) is 2.10. The lowest BCUT2D eigenvalue weighted by Gasteiger charge is -2.09. The Hall–Kier alpha value is -1.38. The summed E-state index contributed by atoms with van der Waals surface area (Å²) in [5.41, 5.74) is 0.499. The Morgan fingerprint density at radius 2 is 1.79 bits per heavy atom. The number of hydrogen-bond acceptors (Lipinski definition) is 1. The molecule has 0 radical (unpaired) electrons. The van der Waals surface area contributed by atoms with Crippen molar-refractivity contribution in [3.63, 3.8) is 0 Å². The van der Waals surface area contributed by atoms with Gasteiger partial charge in [-0.3, -0.25) is 0 Å². The zero-order chi connectivity index (χ0) is 10.7. The lowest BCUT2D eigenvalue weighted by Crippen LogP contribution is -1.99. The second-order valence-corrected chi connectivity index (χ2v) is 3.36. The zero-order valence-corrected chi connectivity index (χ0v) is 8.27. The maximum Gasteiger partial charge on any atom is 0.149 e. The molecule has 0 saturated carbocycles. The molecule has 0 saturated heterocycles. The predicted molar refractivity (Wildman–Crippen MR) is 54.3 cm³/mol. The Bertz CT molecular complexity index is 322. The van der Waals surface area contributed by atoms with Gasteiger partial charge in [0.2, 0.25) is 0 Å². The molecule has 1 N–H and O–H groups in total. The third kappa shape index (κ3) is 2.10. The minimum Gasteiger partial charge on any atom is -0.358 e. The highest BCUT2D eigenvalue weighted by Gasteiger charge is 2.11. The Balaban J connectivity index is 3.17. The molecule has 0 bridgehead atoms. The van der Waals surface area contributed by atoms with Crippen LogP contribution in [0.3, 0.4) is 0 Å². The first-order chi connectivity index (χ1) is 6.56. The first-order valence-electron chi connectivity index (χ1n) is 4.42. The SMILES string of the molecule is C=CNc1c(F)cc(C(C)C)cc1F. The van der Waals surface area contributed by atoms with Crippen LogP contribution in [-0.2, 0) is 0 Å². The van der Waals surface area contributed by atoms with Gasteiger partial charge in [0.25, 0.3) is 0 Å². The van der Waals surface area contributed by atoms with Crippen molar-refractivity contribution >= 4 is 5.69 Å². The molecule has 14 heavy (non-hydrogen) atoms. The van der Waals surface area contributed by atoms with E-state index in [1.165, 1.54) is 18.3 Å². The molecule has 0 spiro atoms. The number of anilines is 1. The monoisotopic (exact) mass is 197 g/mol. The topological polar surface area (TPSA) is 12.0 Å². The number of rotatable bonds is 3. The van der Waals surface area contributed by atoms with Gasteiger partial charge >= 0.3 is 0 Å². The molecule has 0 unspecified atom stereocenters. The zero-order valence-electron chi connectivity index (χ0n) is 8.27. The molecular weight excluding hydrogens is 184 g/mol. The molecule has 0 heterocycles. The summed E-state index contributed by atoms with van der Waals surface area (Å²) >= 11 is 0. The average molecular weight is 197 g/mol. The fourth-order valence-electron chi connectivity index (χ4n) is 1.17. The van der Waals surface area contributed by atoms with Gasteiger partial charge in [0.1, 0.15) is 17.3 Å². The highest BCUT2D eigenvalue weighted by atomic mass is 19.1. The van der Waals surface area contributed by atoms with E-state index in [0.717, 1.165) is 0 Å². The standard InChI is InChI=1S/C11H13F2N/c1-4-14-11-9(12)5-8(7(2)3)6-10(11)13/h4-7,14H,1H2,2-3H3. The van der Waals surface area contributed by atoms with Gasteiger partial charge in [0, 0.05) is 0 Å². The number of benzene rings is 1. The summed E-state index contributed by atoms with van der Waals surface area (Å²) in [5.74, 6) is -1.07. The van der Waals surface area contributed by atoms with Crippen LogP contribution in [0.4, 0.5) is 14.5 Å². The van der Waals surface area contributed by atoms with Crippen LogP contribution in [-0.4, -0.2) is 0 Å². The van der Waals surface area contributed by atoms with Crippen LogP contribution in [0.5, 0.6) is 0 Å². The second kappa shape index (κ2) is 4.22. The largest absolute Gasteiger partial charge is 0.358 e. The molecule has 1 aromatic rings. The van der Waals surface area contributed by atoms with Crippen molar-refractivity contribution in [2.45, 2.75) is 19.8 Å². The lowest BCUT2D eigenvalue weighted by molar-refractivity contribution is 0.584. The third-order valence-corrected chi connectivity index (χ3v) is 1.98. The summed E-state index contributed by atoms with van der Waals surface area (Å²) in [5, 5.41) is 2.42. The van der Waals surface area contributed by atoms with Crippen LogP contribution in [0.1, 0.15) is 25.3 Å². The number of hydrogen-bond donors (Lipinski definition) is 1. The fraction of sp³-hybridized carbons (Fsp3) is 0.273. The van der Waals surface area contributed by atoms with Crippen molar-refractivity contribution in [3.8, 4) is 0 Å². The van der Waals surface area contributed by atoms with E-state index in [2.05, 4.69) is 11.9 Å². The van der Waals surface area contributed by atoms with Crippen LogP contribution in [0.25, 0.3) is 0 Å². The molecule has 0 aliphatic heterocycles. The fourth-order valence-corrected chi connectivity index (χ4v) is 1.17. The molecule has 1 aromatic carbocycles. The quantitative estimate of drug-likeness (QED) is 0.780. The normalized spacial score (nSPS) is 10.4. The minimum atomic E-state index is -0.589. The van der Waals surface area contributed by atoms with Gasteiger partial charge in [0.05, 0.1) is 0 Å². The number of halogens is 2. The predicted octanol–water partition coefficient (Wildman–Crippen LogP) is 3.64. The van der Waals surface area contributed by atoms with E-state index in [0.29, 0.717) is 5.56 Å². The van der Waals surface area contributed by atoms with E-state index in [1.54, 1.807) is 0 Å². The van der Waals surface area contributed by atoms with Crippen LogP contribution < -0.4 is 5.32 Å². The van der Waals surface area contributed by atoms with E-state index in [1.807, 2.05) is 13.8 Å².